The fraction of sp³-hybridized carbons (Fsp3) is 0.833. The van der Waals surface area contributed by atoms with Gasteiger partial charge in [-0.3, -0.25) is 4.79 Å². The van der Waals surface area contributed by atoms with Crippen molar-refractivity contribution in [2.45, 2.75) is 84.3 Å². The van der Waals surface area contributed by atoms with Gasteiger partial charge in [-0.05, 0) is 38.5 Å². The molecule has 0 aliphatic heterocycles. The van der Waals surface area contributed by atoms with Gasteiger partial charge in [-0.25, -0.2) is 0 Å². The monoisotopic (exact) mass is 310 g/mol. The van der Waals surface area contributed by atoms with Crippen LogP contribution in [0.25, 0.3) is 0 Å². The van der Waals surface area contributed by atoms with Crippen LogP contribution in [0, 0.1) is 5.92 Å². The van der Waals surface area contributed by atoms with E-state index in [1.165, 1.54) is 19.3 Å². The van der Waals surface area contributed by atoms with Crippen LogP contribution in [0.5, 0.6) is 0 Å². The van der Waals surface area contributed by atoms with Gasteiger partial charge in [0.2, 0.25) is 5.91 Å². The molecule has 1 rings (SSSR count). The number of aliphatic hydroxyl groups is 1. The van der Waals surface area contributed by atoms with Gasteiger partial charge in [0.25, 0.3) is 0 Å². The van der Waals surface area contributed by atoms with Gasteiger partial charge in [0.05, 0.1) is 6.10 Å². The van der Waals surface area contributed by atoms with Gasteiger partial charge < -0.3 is 15.7 Å². The lowest BCUT2D eigenvalue weighted by Gasteiger charge is -2.32. The van der Waals surface area contributed by atoms with Crippen molar-refractivity contribution in [1.82, 2.24) is 10.6 Å². The summed E-state index contributed by atoms with van der Waals surface area (Å²) in [6.45, 7) is 6.69. The van der Waals surface area contributed by atoms with Gasteiger partial charge in [0, 0.05) is 18.7 Å². The quantitative estimate of drug-likeness (QED) is 0.613. The molecule has 1 aliphatic carbocycles. The Bertz CT molecular complexity index is 349. The molecule has 0 spiro atoms. The molecule has 0 saturated heterocycles. The molecule has 1 aliphatic rings. The van der Waals surface area contributed by atoms with E-state index in [2.05, 4.69) is 23.6 Å². The largest absolute Gasteiger partial charge is 0.393 e. The van der Waals surface area contributed by atoms with Crippen LogP contribution in [-0.2, 0) is 4.79 Å². The summed E-state index contributed by atoms with van der Waals surface area (Å²) in [5.74, 6) is 0.502. The number of rotatable bonds is 9. The van der Waals surface area contributed by atoms with E-state index in [-0.39, 0.29) is 18.1 Å². The van der Waals surface area contributed by atoms with Gasteiger partial charge >= 0.3 is 0 Å². The van der Waals surface area contributed by atoms with Crippen LogP contribution in [0.4, 0.5) is 0 Å². The predicted octanol–water partition coefficient (Wildman–Crippen LogP) is 3.12. The number of carbonyl (C=O) groups is 1. The van der Waals surface area contributed by atoms with Crippen molar-refractivity contribution in [2.75, 3.05) is 6.54 Å². The van der Waals surface area contributed by atoms with E-state index < -0.39 is 0 Å². The van der Waals surface area contributed by atoms with Crippen molar-refractivity contribution in [3.63, 3.8) is 0 Å². The molecule has 0 heterocycles. The first-order chi connectivity index (χ1) is 10.6. The van der Waals surface area contributed by atoms with E-state index in [0.717, 1.165) is 31.4 Å². The van der Waals surface area contributed by atoms with E-state index in [9.17, 15) is 9.90 Å². The third-order valence-electron chi connectivity index (χ3n) is 4.47. The van der Waals surface area contributed by atoms with E-state index >= 15 is 0 Å². The maximum atomic E-state index is 12.5. The Morgan fingerprint density at radius 2 is 1.91 bits per heavy atom. The molecule has 0 aromatic heterocycles. The van der Waals surface area contributed by atoms with Crippen molar-refractivity contribution < 1.29 is 9.90 Å². The van der Waals surface area contributed by atoms with Crippen molar-refractivity contribution in [2.24, 2.45) is 5.92 Å². The third kappa shape index (κ3) is 6.39. The Balaban J connectivity index is 2.79. The van der Waals surface area contributed by atoms with E-state index in [0.29, 0.717) is 18.9 Å². The highest BCUT2D eigenvalue weighted by Crippen LogP contribution is 2.27. The van der Waals surface area contributed by atoms with Crippen molar-refractivity contribution >= 4 is 5.91 Å². The van der Waals surface area contributed by atoms with Crippen molar-refractivity contribution in [3.8, 4) is 0 Å². The van der Waals surface area contributed by atoms with Gasteiger partial charge in [-0.1, -0.05) is 39.2 Å². The highest BCUT2D eigenvalue weighted by Gasteiger charge is 2.29. The lowest BCUT2D eigenvalue weighted by atomic mass is 9.83. The summed E-state index contributed by atoms with van der Waals surface area (Å²) >= 11 is 0. The SMILES string of the molecule is CCC=C(CC(O)CC)NC(C(=O)NCC)C1CCCCC1. The van der Waals surface area contributed by atoms with Crippen molar-refractivity contribution in [1.29, 1.82) is 0 Å². The first kappa shape index (κ1) is 19.0. The van der Waals surface area contributed by atoms with Gasteiger partial charge in [0.15, 0.2) is 0 Å². The molecule has 1 saturated carbocycles. The number of carbonyl (C=O) groups excluding carboxylic acids is 1. The minimum atomic E-state index is -0.341. The Kier molecular flexibility index (Phi) is 9.21. The van der Waals surface area contributed by atoms with Gasteiger partial charge in [-0.2, -0.15) is 0 Å². The predicted molar refractivity (Wildman–Crippen MR) is 91.5 cm³/mol. The zero-order valence-corrected chi connectivity index (χ0v) is 14.5. The Labute approximate surface area is 135 Å². The molecule has 0 aromatic rings. The molecule has 4 heteroatoms. The Morgan fingerprint density at radius 3 is 2.45 bits per heavy atom. The molecule has 0 radical (unpaired) electrons. The topological polar surface area (TPSA) is 61.4 Å². The molecule has 1 fully saturated rings. The fourth-order valence-corrected chi connectivity index (χ4v) is 3.19. The summed E-state index contributed by atoms with van der Waals surface area (Å²) in [5.41, 5.74) is 1.01. The highest BCUT2D eigenvalue weighted by atomic mass is 16.3. The smallest absolute Gasteiger partial charge is 0.242 e. The maximum Gasteiger partial charge on any atom is 0.242 e. The molecule has 4 nitrogen and oxygen atoms in total. The van der Waals surface area contributed by atoms with Crippen LogP contribution in [0.15, 0.2) is 11.8 Å². The van der Waals surface area contributed by atoms with Crippen LogP contribution >= 0.6 is 0 Å². The van der Waals surface area contributed by atoms with Gasteiger partial charge in [0.1, 0.15) is 6.04 Å². The first-order valence-electron chi connectivity index (χ1n) is 9.03. The summed E-state index contributed by atoms with van der Waals surface area (Å²) < 4.78 is 0. The second kappa shape index (κ2) is 10.7. The van der Waals surface area contributed by atoms with E-state index in [1.807, 2.05) is 13.8 Å². The molecule has 3 N–H and O–H groups in total. The Hall–Kier alpha value is -1.03. The molecule has 2 atom stereocenters. The van der Waals surface area contributed by atoms with Crippen molar-refractivity contribution in [3.05, 3.63) is 11.8 Å². The second-order valence-corrected chi connectivity index (χ2v) is 6.32. The maximum absolute atomic E-state index is 12.5. The zero-order valence-electron chi connectivity index (χ0n) is 14.5. The number of amides is 1. The highest BCUT2D eigenvalue weighted by molar-refractivity contribution is 5.82. The van der Waals surface area contributed by atoms with Crippen LogP contribution in [0.1, 0.15) is 72.1 Å². The van der Waals surface area contributed by atoms with E-state index in [1.54, 1.807) is 0 Å². The van der Waals surface area contributed by atoms with E-state index in [4.69, 9.17) is 0 Å². The first-order valence-corrected chi connectivity index (χ1v) is 9.03. The summed E-state index contributed by atoms with van der Waals surface area (Å²) in [7, 11) is 0. The van der Waals surface area contributed by atoms with Crippen LogP contribution in [-0.4, -0.2) is 29.7 Å². The second-order valence-electron chi connectivity index (χ2n) is 6.32. The number of nitrogens with one attached hydrogen (secondary N) is 2. The standard InChI is InChI=1S/C18H34N2O2/c1-4-10-15(13-16(21)5-2)20-17(18(22)19-6-3)14-11-8-7-9-12-14/h10,14,16-17,20-21H,4-9,11-13H2,1-3H3,(H,19,22). The lowest BCUT2D eigenvalue weighted by molar-refractivity contribution is -0.124. The average molecular weight is 310 g/mol. The summed E-state index contributed by atoms with van der Waals surface area (Å²) in [5, 5.41) is 16.4. The molecule has 128 valence electrons. The third-order valence-corrected chi connectivity index (χ3v) is 4.47. The summed E-state index contributed by atoms with van der Waals surface area (Å²) in [4.78, 5) is 12.5. The number of hydrogen-bond acceptors (Lipinski definition) is 3. The zero-order chi connectivity index (χ0) is 16.4. The number of hydrogen-bond donors (Lipinski definition) is 3. The molecular formula is C18H34N2O2. The van der Waals surface area contributed by atoms with Crippen LogP contribution in [0.3, 0.4) is 0 Å². The summed E-state index contributed by atoms with van der Waals surface area (Å²) in [6, 6.07) is -0.165. The van der Waals surface area contributed by atoms with Crippen LogP contribution < -0.4 is 10.6 Å². The summed E-state index contributed by atoms with van der Waals surface area (Å²) in [6.07, 6.45) is 9.95. The number of aliphatic hydroxyl groups excluding tert-OH is 1. The minimum absolute atomic E-state index is 0.0994. The average Bonchev–Trinajstić information content (AvgIpc) is 2.53. The normalized spacial score (nSPS) is 19.5. The minimum Gasteiger partial charge on any atom is -0.393 e. The number of allylic oxidation sites excluding steroid dienone is 1. The number of likely N-dealkylation sites (N-methyl/N-ethyl adjacent to an activating group) is 1. The van der Waals surface area contributed by atoms with Crippen LogP contribution in [0.2, 0.25) is 0 Å². The molecule has 0 aromatic carbocycles. The molecule has 22 heavy (non-hydrogen) atoms. The van der Waals surface area contributed by atoms with Gasteiger partial charge in [-0.15, -0.1) is 0 Å². The molecule has 2 unspecified atom stereocenters. The lowest BCUT2D eigenvalue weighted by Crippen LogP contribution is -2.49. The fourth-order valence-electron chi connectivity index (χ4n) is 3.19. The molecule has 0 bridgehead atoms. The molecular weight excluding hydrogens is 276 g/mol. The Morgan fingerprint density at radius 1 is 1.23 bits per heavy atom. The molecule has 1 amide bonds.